The van der Waals surface area contributed by atoms with Crippen LogP contribution in [-0.4, -0.2) is 17.7 Å². The lowest BCUT2D eigenvalue weighted by Gasteiger charge is -2.19. The normalized spacial score (nSPS) is 20.9. The van der Waals surface area contributed by atoms with Crippen molar-refractivity contribution >= 4 is 0 Å². The van der Waals surface area contributed by atoms with Crippen LogP contribution in [0, 0.1) is 0 Å². The standard InChI is InChI=1S/C18H27NO/c20-18(11-12-19-17-7-3-4-8-17)16-10-9-14-5-1-2-6-15(14)13-16/h9-10,13,17-20H,1-8,11-12H2. The number of aryl methyl sites for hydroxylation is 2. The first kappa shape index (κ1) is 14.1. The Hall–Kier alpha value is -0.860. The molecule has 0 bridgehead atoms. The molecule has 1 unspecified atom stereocenters. The van der Waals surface area contributed by atoms with E-state index in [-0.39, 0.29) is 6.10 Å². The molecular formula is C18H27NO. The summed E-state index contributed by atoms with van der Waals surface area (Å²) >= 11 is 0. The number of rotatable bonds is 5. The first-order chi connectivity index (χ1) is 9.83. The van der Waals surface area contributed by atoms with Crippen molar-refractivity contribution in [2.75, 3.05) is 6.54 Å². The second-order valence-electron chi connectivity index (χ2n) is 6.48. The maximum Gasteiger partial charge on any atom is 0.0802 e. The Bertz CT molecular complexity index is 437. The Kier molecular flexibility index (Phi) is 4.74. The molecule has 0 saturated heterocycles. The third kappa shape index (κ3) is 3.42. The van der Waals surface area contributed by atoms with E-state index in [9.17, 15) is 5.11 Å². The van der Waals surface area contributed by atoms with Crippen molar-refractivity contribution in [1.29, 1.82) is 0 Å². The lowest BCUT2D eigenvalue weighted by atomic mass is 9.89. The Morgan fingerprint density at radius 3 is 2.60 bits per heavy atom. The zero-order valence-electron chi connectivity index (χ0n) is 12.4. The molecule has 2 aliphatic carbocycles. The van der Waals surface area contributed by atoms with E-state index in [1.807, 2.05) is 0 Å². The van der Waals surface area contributed by atoms with Crippen LogP contribution < -0.4 is 5.32 Å². The average molecular weight is 273 g/mol. The summed E-state index contributed by atoms with van der Waals surface area (Å²) in [5, 5.41) is 13.9. The van der Waals surface area contributed by atoms with Gasteiger partial charge in [0.25, 0.3) is 0 Å². The maximum absolute atomic E-state index is 10.4. The first-order valence-electron chi connectivity index (χ1n) is 8.36. The van der Waals surface area contributed by atoms with Gasteiger partial charge in [-0.05, 0) is 68.2 Å². The largest absolute Gasteiger partial charge is 0.388 e. The highest BCUT2D eigenvalue weighted by atomic mass is 16.3. The Morgan fingerprint density at radius 2 is 1.80 bits per heavy atom. The summed E-state index contributed by atoms with van der Waals surface area (Å²) in [7, 11) is 0. The van der Waals surface area contributed by atoms with Gasteiger partial charge in [-0.25, -0.2) is 0 Å². The van der Waals surface area contributed by atoms with Gasteiger partial charge < -0.3 is 10.4 Å². The van der Waals surface area contributed by atoms with Gasteiger partial charge in [-0.15, -0.1) is 0 Å². The number of hydrogen-bond donors (Lipinski definition) is 2. The van der Waals surface area contributed by atoms with Crippen molar-refractivity contribution in [1.82, 2.24) is 5.32 Å². The number of benzene rings is 1. The van der Waals surface area contributed by atoms with Crippen molar-refractivity contribution < 1.29 is 5.11 Å². The molecule has 1 saturated carbocycles. The van der Waals surface area contributed by atoms with E-state index in [1.165, 1.54) is 62.5 Å². The van der Waals surface area contributed by atoms with Crippen molar-refractivity contribution in [3.05, 3.63) is 34.9 Å². The second kappa shape index (κ2) is 6.73. The number of aliphatic hydroxyl groups excluding tert-OH is 1. The van der Waals surface area contributed by atoms with Crippen molar-refractivity contribution in [3.63, 3.8) is 0 Å². The zero-order valence-corrected chi connectivity index (χ0v) is 12.4. The van der Waals surface area contributed by atoms with Crippen LogP contribution in [0.1, 0.15) is 67.7 Å². The van der Waals surface area contributed by atoms with Crippen LogP contribution in [0.15, 0.2) is 18.2 Å². The highest BCUT2D eigenvalue weighted by molar-refractivity contribution is 5.34. The van der Waals surface area contributed by atoms with Gasteiger partial charge in [-0.1, -0.05) is 31.0 Å². The summed E-state index contributed by atoms with van der Waals surface area (Å²) in [4.78, 5) is 0. The fourth-order valence-electron chi connectivity index (χ4n) is 3.68. The van der Waals surface area contributed by atoms with E-state index in [1.54, 1.807) is 0 Å². The summed E-state index contributed by atoms with van der Waals surface area (Å²) < 4.78 is 0. The highest BCUT2D eigenvalue weighted by Crippen LogP contribution is 2.26. The van der Waals surface area contributed by atoms with Crippen LogP contribution >= 0.6 is 0 Å². The van der Waals surface area contributed by atoms with Gasteiger partial charge in [0.15, 0.2) is 0 Å². The molecule has 1 atom stereocenters. The quantitative estimate of drug-likeness (QED) is 0.860. The molecule has 0 amide bonds. The molecule has 0 aromatic heterocycles. The molecular weight excluding hydrogens is 246 g/mol. The number of nitrogens with one attached hydrogen (secondary N) is 1. The molecule has 2 aliphatic rings. The summed E-state index contributed by atoms with van der Waals surface area (Å²) in [6, 6.07) is 7.31. The van der Waals surface area contributed by atoms with Gasteiger partial charge in [0.1, 0.15) is 0 Å². The zero-order chi connectivity index (χ0) is 13.8. The second-order valence-corrected chi connectivity index (χ2v) is 6.48. The molecule has 0 radical (unpaired) electrons. The molecule has 20 heavy (non-hydrogen) atoms. The maximum atomic E-state index is 10.4. The lowest BCUT2D eigenvalue weighted by Crippen LogP contribution is -2.27. The van der Waals surface area contributed by atoms with Crippen LogP contribution in [0.4, 0.5) is 0 Å². The lowest BCUT2D eigenvalue weighted by molar-refractivity contribution is 0.165. The van der Waals surface area contributed by atoms with Crippen LogP contribution in [0.3, 0.4) is 0 Å². The van der Waals surface area contributed by atoms with E-state index in [0.29, 0.717) is 6.04 Å². The molecule has 2 heteroatoms. The highest BCUT2D eigenvalue weighted by Gasteiger charge is 2.16. The van der Waals surface area contributed by atoms with Crippen LogP contribution in [-0.2, 0) is 12.8 Å². The van der Waals surface area contributed by atoms with Crippen LogP contribution in [0.2, 0.25) is 0 Å². The summed E-state index contributed by atoms with van der Waals surface area (Å²) in [6.45, 7) is 0.933. The Morgan fingerprint density at radius 1 is 1.05 bits per heavy atom. The van der Waals surface area contributed by atoms with E-state index >= 15 is 0 Å². The van der Waals surface area contributed by atoms with E-state index in [4.69, 9.17) is 0 Å². The third-order valence-corrected chi connectivity index (χ3v) is 4.96. The van der Waals surface area contributed by atoms with Gasteiger partial charge >= 0.3 is 0 Å². The van der Waals surface area contributed by atoms with E-state index < -0.39 is 0 Å². The fourth-order valence-corrected chi connectivity index (χ4v) is 3.68. The predicted octanol–water partition coefficient (Wildman–Crippen LogP) is 3.52. The van der Waals surface area contributed by atoms with E-state index in [0.717, 1.165) is 18.5 Å². The van der Waals surface area contributed by atoms with Crippen LogP contribution in [0.25, 0.3) is 0 Å². The Labute approximate surface area is 122 Å². The minimum Gasteiger partial charge on any atom is -0.388 e. The number of aliphatic hydroxyl groups is 1. The van der Waals surface area contributed by atoms with Crippen molar-refractivity contribution in [2.24, 2.45) is 0 Å². The smallest absolute Gasteiger partial charge is 0.0802 e. The number of hydrogen-bond acceptors (Lipinski definition) is 2. The molecule has 1 aromatic rings. The van der Waals surface area contributed by atoms with Crippen molar-refractivity contribution in [3.8, 4) is 0 Å². The van der Waals surface area contributed by atoms with Gasteiger partial charge in [-0.3, -0.25) is 0 Å². The minimum absolute atomic E-state index is 0.309. The summed E-state index contributed by atoms with van der Waals surface area (Å²) in [5.41, 5.74) is 4.08. The monoisotopic (exact) mass is 273 g/mol. The number of fused-ring (bicyclic) bond motifs is 1. The SMILES string of the molecule is OC(CCNC1CCCC1)c1ccc2c(c1)CCCC2. The molecule has 0 heterocycles. The molecule has 3 rings (SSSR count). The van der Waals surface area contributed by atoms with E-state index in [2.05, 4.69) is 23.5 Å². The minimum atomic E-state index is -0.309. The Balaban J connectivity index is 1.52. The average Bonchev–Trinajstić information content (AvgIpc) is 3.00. The third-order valence-electron chi connectivity index (χ3n) is 4.96. The molecule has 1 fully saturated rings. The molecule has 0 aliphatic heterocycles. The van der Waals surface area contributed by atoms with Gasteiger partial charge in [0, 0.05) is 6.04 Å². The molecule has 2 N–H and O–H groups in total. The first-order valence-corrected chi connectivity index (χ1v) is 8.36. The fraction of sp³-hybridized carbons (Fsp3) is 0.667. The van der Waals surface area contributed by atoms with Crippen molar-refractivity contribution in [2.45, 2.75) is 69.9 Å². The van der Waals surface area contributed by atoms with Gasteiger partial charge in [0.2, 0.25) is 0 Å². The van der Waals surface area contributed by atoms with Crippen LogP contribution in [0.5, 0.6) is 0 Å². The van der Waals surface area contributed by atoms with Gasteiger partial charge in [0.05, 0.1) is 6.10 Å². The topological polar surface area (TPSA) is 32.3 Å². The predicted molar refractivity (Wildman–Crippen MR) is 82.9 cm³/mol. The molecule has 2 nitrogen and oxygen atoms in total. The summed E-state index contributed by atoms with van der Waals surface area (Å²) in [6.07, 6.45) is 10.9. The molecule has 0 spiro atoms. The van der Waals surface area contributed by atoms with Gasteiger partial charge in [-0.2, -0.15) is 0 Å². The summed E-state index contributed by atoms with van der Waals surface area (Å²) in [5.74, 6) is 0. The molecule has 110 valence electrons. The molecule has 1 aromatic carbocycles.